The minimum absolute atomic E-state index is 0.0240. The van der Waals surface area contributed by atoms with E-state index < -0.39 is 12.0 Å². The lowest BCUT2D eigenvalue weighted by Gasteiger charge is -2.22. The van der Waals surface area contributed by atoms with Crippen LogP contribution < -0.4 is 5.32 Å². The molecule has 1 aromatic rings. The van der Waals surface area contributed by atoms with Gasteiger partial charge in [-0.3, -0.25) is 14.9 Å². The Hall–Kier alpha value is -1.66. The predicted molar refractivity (Wildman–Crippen MR) is 84.3 cm³/mol. The Morgan fingerprint density at radius 1 is 1.57 bits per heavy atom. The molecule has 2 N–H and O–H groups in total. The molecule has 1 aromatic heterocycles. The van der Waals surface area contributed by atoms with Gasteiger partial charge in [0.05, 0.1) is 13.1 Å². The van der Waals surface area contributed by atoms with Gasteiger partial charge in [0.2, 0.25) is 5.91 Å². The molecule has 21 heavy (non-hydrogen) atoms. The molecule has 0 spiro atoms. The average molecular weight is 310 g/mol. The van der Waals surface area contributed by atoms with E-state index in [1.807, 2.05) is 24.4 Å². The molecule has 0 aliphatic rings. The molecule has 0 saturated heterocycles. The van der Waals surface area contributed by atoms with Crippen molar-refractivity contribution in [2.75, 3.05) is 13.1 Å². The third kappa shape index (κ3) is 6.10. The maximum Gasteiger partial charge on any atom is 0.320 e. The van der Waals surface area contributed by atoms with Crippen molar-refractivity contribution in [1.82, 2.24) is 10.2 Å². The van der Waals surface area contributed by atoms with Gasteiger partial charge in [-0.1, -0.05) is 25.5 Å². The molecule has 1 unspecified atom stereocenters. The Bertz CT molecular complexity index is 459. The number of nitrogens with one attached hydrogen (secondary N) is 1. The summed E-state index contributed by atoms with van der Waals surface area (Å²) in [6, 6.07) is 3.24. The van der Waals surface area contributed by atoms with Gasteiger partial charge >= 0.3 is 5.97 Å². The molecule has 6 heteroatoms. The van der Waals surface area contributed by atoms with Crippen LogP contribution in [0.5, 0.6) is 0 Å². The molecule has 1 amide bonds. The number of carboxylic acid groups (broad SMARTS) is 1. The lowest BCUT2D eigenvalue weighted by molar-refractivity contribution is -0.140. The van der Waals surface area contributed by atoms with E-state index in [9.17, 15) is 9.59 Å². The van der Waals surface area contributed by atoms with Crippen molar-refractivity contribution >= 4 is 23.2 Å². The first-order valence-corrected chi connectivity index (χ1v) is 7.83. The quantitative estimate of drug-likeness (QED) is 0.649. The number of carbonyl (C=O) groups is 2. The number of nitrogens with zero attached hydrogens (tertiary/aromatic N) is 1. The number of hydrogen-bond acceptors (Lipinski definition) is 4. The van der Waals surface area contributed by atoms with E-state index in [0.717, 1.165) is 11.3 Å². The zero-order chi connectivity index (χ0) is 15.7. The van der Waals surface area contributed by atoms with Gasteiger partial charge in [0.15, 0.2) is 0 Å². The minimum atomic E-state index is -0.918. The molecule has 0 saturated carbocycles. The largest absolute Gasteiger partial charge is 0.480 e. The molecular formula is C15H22N2O3S. The van der Waals surface area contributed by atoms with Crippen LogP contribution >= 0.6 is 11.3 Å². The number of thiophene rings is 1. The summed E-state index contributed by atoms with van der Waals surface area (Å²) in [7, 11) is 0. The number of aliphatic carboxylic acids is 1. The molecule has 5 nitrogen and oxygen atoms in total. The van der Waals surface area contributed by atoms with E-state index >= 15 is 0 Å². The van der Waals surface area contributed by atoms with Gasteiger partial charge in [-0.05, 0) is 17.9 Å². The lowest BCUT2D eigenvalue weighted by atomic mass is 10.1. The molecule has 116 valence electrons. The van der Waals surface area contributed by atoms with Gasteiger partial charge in [0.25, 0.3) is 0 Å². The van der Waals surface area contributed by atoms with Crippen LogP contribution in [-0.2, 0) is 16.1 Å². The highest BCUT2D eigenvalue weighted by atomic mass is 32.1. The van der Waals surface area contributed by atoms with Crippen molar-refractivity contribution in [3.8, 4) is 0 Å². The highest BCUT2D eigenvalue weighted by Gasteiger charge is 2.19. The first-order chi connectivity index (χ1) is 10.1. The normalized spacial score (nSPS) is 11.9. The second-order valence-electron chi connectivity index (χ2n) is 4.70. The van der Waals surface area contributed by atoms with Crippen LogP contribution in [0.2, 0.25) is 0 Å². The second-order valence-corrected chi connectivity index (χ2v) is 5.73. The van der Waals surface area contributed by atoms with Crippen molar-refractivity contribution in [2.45, 2.75) is 32.4 Å². The fraction of sp³-hybridized carbons (Fsp3) is 0.467. The van der Waals surface area contributed by atoms with Gasteiger partial charge in [-0.25, -0.2) is 0 Å². The van der Waals surface area contributed by atoms with E-state index in [2.05, 4.69) is 11.9 Å². The van der Waals surface area contributed by atoms with Gasteiger partial charge in [0, 0.05) is 11.4 Å². The highest BCUT2D eigenvalue weighted by Crippen LogP contribution is 2.12. The number of carboxylic acids is 1. The SMILES string of the molecule is C=CCN(Cc1cccs1)C(=O)CNC(CCC)C(=O)O. The average Bonchev–Trinajstić information content (AvgIpc) is 2.95. The van der Waals surface area contributed by atoms with Crippen LogP contribution in [0.25, 0.3) is 0 Å². The summed E-state index contributed by atoms with van der Waals surface area (Å²) in [5.74, 6) is -1.04. The van der Waals surface area contributed by atoms with Crippen molar-refractivity contribution in [3.05, 3.63) is 35.0 Å². The van der Waals surface area contributed by atoms with Crippen molar-refractivity contribution in [2.24, 2.45) is 0 Å². The molecule has 1 heterocycles. The number of hydrogen-bond donors (Lipinski definition) is 2. The van der Waals surface area contributed by atoms with E-state index in [1.54, 1.807) is 22.3 Å². The first kappa shape index (κ1) is 17.4. The van der Waals surface area contributed by atoms with Gasteiger partial charge < -0.3 is 10.0 Å². The summed E-state index contributed by atoms with van der Waals surface area (Å²) in [5.41, 5.74) is 0. The Labute approximate surface area is 129 Å². The lowest BCUT2D eigenvalue weighted by Crippen LogP contribution is -2.44. The standard InChI is InChI=1S/C15H22N2O3S/c1-3-6-13(15(19)20)16-10-14(18)17(8-4-2)11-12-7-5-9-21-12/h4-5,7,9,13,16H,2-3,6,8,10-11H2,1H3,(H,19,20). The molecule has 0 aromatic carbocycles. The summed E-state index contributed by atoms with van der Waals surface area (Å²) >= 11 is 1.59. The Balaban J connectivity index is 2.55. The smallest absolute Gasteiger partial charge is 0.320 e. The molecule has 1 atom stereocenters. The zero-order valence-corrected chi connectivity index (χ0v) is 13.1. The molecule has 0 fully saturated rings. The van der Waals surface area contributed by atoms with Crippen LogP contribution in [0.3, 0.4) is 0 Å². The summed E-state index contributed by atoms with van der Waals surface area (Å²) in [5, 5.41) is 13.8. The topological polar surface area (TPSA) is 69.6 Å². The highest BCUT2D eigenvalue weighted by molar-refractivity contribution is 7.09. The van der Waals surface area contributed by atoms with Gasteiger partial charge in [0.1, 0.15) is 6.04 Å². The Morgan fingerprint density at radius 3 is 2.86 bits per heavy atom. The first-order valence-electron chi connectivity index (χ1n) is 6.95. The Morgan fingerprint density at radius 2 is 2.33 bits per heavy atom. The van der Waals surface area contributed by atoms with Crippen LogP contribution in [0.15, 0.2) is 30.2 Å². The maximum atomic E-state index is 12.2. The minimum Gasteiger partial charge on any atom is -0.480 e. The van der Waals surface area contributed by atoms with Crippen LogP contribution in [0, 0.1) is 0 Å². The molecular weight excluding hydrogens is 288 g/mol. The van der Waals surface area contributed by atoms with Crippen molar-refractivity contribution < 1.29 is 14.7 Å². The summed E-state index contributed by atoms with van der Waals surface area (Å²) in [6.45, 7) is 6.57. The fourth-order valence-corrected chi connectivity index (χ4v) is 2.64. The number of rotatable bonds is 10. The fourth-order valence-electron chi connectivity index (χ4n) is 1.92. The van der Waals surface area contributed by atoms with E-state index in [1.165, 1.54) is 0 Å². The number of carbonyl (C=O) groups excluding carboxylic acids is 1. The van der Waals surface area contributed by atoms with Crippen LogP contribution in [0.4, 0.5) is 0 Å². The molecule has 0 bridgehead atoms. The zero-order valence-electron chi connectivity index (χ0n) is 12.2. The van der Waals surface area contributed by atoms with Crippen molar-refractivity contribution in [1.29, 1.82) is 0 Å². The van der Waals surface area contributed by atoms with E-state index in [-0.39, 0.29) is 12.5 Å². The third-order valence-corrected chi connectivity index (χ3v) is 3.87. The van der Waals surface area contributed by atoms with Gasteiger partial charge in [-0.2, -0.15) is 0 Å². The van der Waals surface area contributed by atoms with E-state index in [4.69, 9.17) is 5.11 Å². The Kier molecular flexibility index (Phi) is 7.71. The second kappa shape index (κ2) is 9.31. The molecule has 0 aliphatic carbocycles. The predicted octanol–water partition coefficient (Wildman–Crippen LogP) is 2.11. The maximum absolute atomic E-state index is 12.2. The number of amides is 1. The van der Waals surface area contributed by atoms with E-state index in [0.29, 0.717) is 19.5 Å². The monoisotopic (exact) mass is 310 g/mol. The third-order valence-electron chi connectivity index (χ3n) is 3.00. The van der Waals surface area contributed by atoms with Crippen LogP contribution in [-0.4, -0.2) is 41.0 Å². The summed E-state index contributed by atoms with van der Waals surface area (Å²) < 4.78 is 0. The molecule has 0 aliphatic heterocycles. The summed E-state index contributed by atoms with van der Waals surface area (Å²) in [4.78, 5) is 26.0. The van der Waals surface area contributed by atoms with Crippen LogP contribution in [0.1, 0.15) is 24.6 Å². The van der Waals surface area contributed by atoms with Gasteiger partial charge in [-0.15, -0.1) is 17.9 Å². The molecule has 1 rings (SSSR count). The summed E-state index contributed by atoms with van der Waals surface area (Å²) in [6.07, 6.45) is 2.94. The van der Waals surface area contributed by atoms with Crippen molar-refractivity contribution in [3.63, 3.8) is 0 Å². The molecule has 0 radical (unpaired) electrons.